The third-order valence-electron chi connectivity index (χ3n) is 4.10. The highest BCUT2D eigenvalue weighted by atomic mass is 33.1. The van der Waals surface area contributed by atoms with E-state index in [-0.39, 0.29) is 49.5 Å². The minimum Gasteiger partial charge on any atom is -0.465 e. The minimum atomic E-state index is -0.503. The Bertz CT molecular complexity index is 626. The Balaban J connectivity index is 1.49. The number of carbonyl (C=O) groups excluding carboxylic acids is 3. The van der Waals surface area contributed by atoms with E-state index in [2.05, 4.69) is 5.32 Å². The van der Waals surface area contributed by atoms with Crippen molar-refractivity contribution in [1.29, 1.82) is 0 Å². The fraction of sp³-hybridized carbons (Fsp3) is 0.722. The Hall–Kier alpha value is -1.12. The second kappa shape index (κ2) is 14.9. The second-order valence-corrected chi connectivity index (χ2v) is 10.5. The number of nitrogens with one attached hydrogen (secondary N) is 1. The van der Waals surface area contributed by atoms with Crippen molar-refractivity contribution in [2.24, 2.45) is 5.73 Å². The summed E-state index contributed by atoms with van der Waals surface area (Å²) in [5.41, 5.74) is 5.28. The first-order chi connectivity index (χ1) is 15.0. The van der Waals surface area contributed by atoms with Crippen molar-refractivity contribution < 1.29 is 33.7 Å². The van der Waals surface area contributed by atoms with E-state index in [0.717, 1.165) is 0 Å². The fourth-order valence-corrected chi connectivity index (χ4v) is 5.20. The molecular weight excluding hydrogens is 466 g/mol. The number of aliphatic hydroxyl groups excluding tert-OH is 1. The van der Waals surface area contributed by atoms with Gasteiger partial charge < -0.3 is 30.4 Å². The van der Waals surface area contributed by atoms with Crippen LogP contribution in [0.3, 0.4) is 0 Å². The highest BCUT2D eigenvalue weighted by Crippen LogP contribution is 2.28. The zero-order chi connectivity index (χ0) is 22.5. The van der Waals surface area contributed by atoms with Crippen molar-refractivity contribution in [1.82, 2.24) is 10.2 Å². The number of amides is 2. The summed E-state index contributed by atoms with van der Waals surface area (Å²) in [7, 11) is 3.09. The highest BCUT2D eigenvalue weighted by Gasteiger charge is 2.34. The van der Waals surface area contributed by atoms with Gasteiger partial charge in [-0.3, -0.25) is 14.5 Å². The molecule has 3 unspecified atom stereocenters. The molecule has 2 aliphatic heterocycles. The Morgan fingerprint density at radius 1 is 1.26 bits per heavy atom. The SMILES string of the molecule is NC1C=CN(C2CSC(COC(=O)CCCCC(=O)OCCSSCCO)O2)C(=O)N1. The molecule has 0 aromatic heterocycles. The molecule has 2 rings (SSSR count). The largest absolute Gasteiger partial charge is 0.465 e. The van der Waals surface area contributed by atoms with Crippen LogP contribution in [0.15, 0.2) is 12.3 Å². The molecular formula is C18H29N3O7S3. The first kappa shape index (κ1) is 26.1. The van der Waals surface area contributed by atoms with Gasteiger partial charge in [0.25, 0.3) is 0 Å². The summed E-state index contributed by atoms with van der Waals surface area (Å²) in [4.78, 5) is 36.9. The number of nitrogens with zero attached hydrogens (tertiary/aromatic N) is 1. The number of urea groups is 1. The van der Waals surface area contributed by atoms with Gasteiger partial charge in [0.2, 0.25) is 0 Å². The predicted molar refractivity (Wildman–Crippen MR) is 121 cm³/mol. The van der Waals surface area contributed by atoms with E-state index in [1.54, 1.807) is 23.1 Å². The van der Waals surface area contributed by atoms with Crippen LogP contribution in [0, 0.1) is 0 Å². The van der Waals surface area contributed by atoms with E-state index < -0.39 is 12.4 Å². The fourth-order valence-electron chi connectivity index (χ4n) is 2.61. The first-order valence-corrected chi connectivity index (χ1v) is 13.5. The van der Waals surface area contributed by atoms with Crippen LogP contribution >= 0.6 is 33.3 Å². The summed E-state index contributed by atoms with van der Waals surface area (Å²) in [6.07, 6.45) is 3.90. The van der Waals surface area contributed by atoms with Gasteiger partial charge in [0, 0.05) is 36.3 Å². The second-order valence-electron chi connectivity index (χ2n) is 6.56. The Kier molecular flexibility index (Phi) is 12.5. The average Bonchev–Trinajstić information content (AvgIpc) is 3.21. The molecule has 0 aliphatic carbocycles. The van der Waals surface area contributed by atoms with E-state index in [1.165, 1.54) is 27.5 Å². The quantitative estimate of drug-likeness (QED) is 0.182. The number of hydrogen-bond acceptors (Lipinski definition) is 11. The molecule has 10 nitrogen and oxygen atoms in total. The number of esters is 2. The third-order valence-corrected chi connectivity index (χ3v) is 7.55. The molecule has 1 saturated heterocycles. The zero-order valence-corrected chi connectivity index (χ0v) is 19.6. The molecule has 176 valence electrons. The van der Waals surface area contributed by atoms with Crippen LogP contribution in [0.4, 0.5) is 4.79 Å². The standard InChI is InChI=1S/C18H29N3O7S3/c19-13-5-6-21(18(25)20-13)14-12-29-17(28-14)11-27-16(24)4-2-1-3-15(23)26-8-10-31-30-9-7-22/h5-6,13-14,17,22H,1-4,7-12,19H2,(H,20,25). The van der Waals surface area contributed by atoms with E-state index in [1.807, 2.05) is 0 Å². The van der Waals surface area contributed by atoms with Crippen LogP contribution in [0.1, 0.15) is 25.7 Å². The molecule has 0 aromatic rings. The van der Waals surface area contributed by atoms with Crippen LogP contribution in [0.25, 0.3) is 0 Å². The molecule has 13 heteroatoms. The molecule has 2 heterocycles. The van der Waals surface area contributed by atoms with Crippen LogP contribution < -0.4 is 11.1 Å². The Labute approximate surface area is 193 Å². The molecule has 2 aliphatic rings. The lowest BCUT2D eigenvalue weighted by Crippen LogP contribution is -2.53. The molecule has 4 N–H and O–H groups in total. The maximum Gasteiger partial charge on any atom is 0.325 e. The maximum atomic E-state index is 11.9. The number of thioether (sulfide) groups is 1. The van der Waals surface area contributed by atoms with Crippen LogP contribution in [-0.4, -0.2) is 82.9 Å². The number of hydrogen-bond donors (Lipinski definition) is 3. The number of unbranched alkanes of at least 4 members (excludes halogenated alkanes) is 1. The van der Waals surface area contributed by atoms with Gasteiger partial charge in [-0.2, -0.15) is 0 Å². The van der Waals surface area contributed by atoms with Gasteiger partial charge in [-0.15, -0.1) is 11.8 Å². The molecule has 0 radical (unpaired) electrons. The topological polar surface area (TPSA) is 140 Å². The summed E-state index contributed by atoms with van der Waals surface area (Å²) in [5.74, 6) is 1.27. The lowest BCUT2D eigenvalue weighted by atomic mass is 10.2. The van der Waals surface area contributed by atoms with Gasteiger partial charge in [-0.05, 0) is 18.9 Å². The molecule has 0 spiro atoms. The average molecular weight is 496 g/mol. The van der Waals surface area contributed by atoms with Crippen molar-refractivity contribution in [3.05, 3.63) is 12.3 Å². The normalized spacial score (nSPS) is 23.0. The lowest BCUT2D eigenvalue weighted by Gasteiger charge is -2.29. The highest BCUT2D eigenvalue weighted by molar-refractivity contribution is 8.76. The predicted octanol–water partition coefficient (Wildman–Crippen LogP) is 1.25. The van der Waals surface area contributed by atoms with Gasteiger partial charge >= 0.3 is 18.0 Å². The van der Waals surface area contributed by atoms with Crippen molar-refractivity contribution in [2.75, 3.05) is 37.1 Å². The van der Waals surface area contributed by atoms with E-state index in [4.69, 9.17) is 25.1 Å². The van der Waals surface area contributed by atoms with Crippen molar-refractivity contribution in [3.63, 3.8) is 0 Å². The van der Waals surface area contributed by atoms with Crippen LogP contribution in [-0.2, 0) is 23.8 Å². The Morgan fingerprint density at radius 3 is 2.68 bits per heavy atom. The van der Waals surface area contributed by atoms with Crippen LogP contribution in [0.5, 0.6) is 0 Å². The van der Waals surface area contributed by atoms with Crippen molar-refractivity contribution >= 4 is 51.3 Å². The molecule has 31 heavy (non-hydrogen) atoms. The zero-order valence-electron chi connectivity index (χ0n) is 17.1. The van der Waals surface area contributed by atoms with Crippen molar-refractivity contribution in [2.45, 2.75) is 43.5 Å². The molecule has 3 atom stereocenters. The van der Waals surface area contributed by atoms with Crippen LogP contribution in [0.2, 0.25) is 0 Å². The minimum absolute atomic E-state index is 0.104. The van der Waals surface area contributed by atoms with Gasteiger partial charge in [0.05, 0.1) is 12.8 Å². The third kappa shape index (κ3) is 10.4. The summed E-state index contributed by atoms with van der Waals surface area (Å²) in [5, 5.41) is 11.2. The maximum absolute atomic E-state index is 11.9. The summed E-state index contributed by atoms with van der Waals surface area (Å²) < 4.78 is 16.1. The van der Waals surface area contributed by atoms with Crippen molar-refractivity contribution in [3.8, 4) is 0 Å². The number of nitrogens with two attached hydrogens (primary N) is 1. The van der Waals surface area contributed by atoms with Gasteiger partial charge in [-0.25, -0.2) is 4.79 Å². The molecule has 0 bridgehead atoms. The van der Waals surface area contributed by atoms with E-state index >= 15 is 0 Å². The van der Waals surface area contributed by atoms with E-state index in [9.17, 15) is 14.4 Å². The Morgan fingerprint density at radius 2 is 1.97 bits per heavy atom. The number of ether oxygens (including phenoxy) is 3. The monoisotopic (exact) mass is 495 g/mol. The molecule has 2 amide bonds. The summed E-state index contributed by atoms with van der Waals surface area (Å²) >= 11 is 1.47. The number of aliphatic hydroxyl groups is 1. The van der Waals surface area contributed by atoms with E-state index in [0.29, 0.717) is 36.7 Å². The number of carbonyl (C=O) groups is 3. The van der Waals surface area contributed by atoms with Gasteiger partial charge in [0.15, 0.2) is 0 Å². The first-order valence-electron chi connectivity index (χ1n) is 9.96. The lowest BCUT2D eigenvalue weighted by molar-refractivity contribution is -0.148. The smallest absolute Gasteiger partial charge is 0.325 e. The number of rotatable bonds is 14. The molecule has 0 saturated carbocycles. The summed E-state index contributed by atoms with van der Waals surface area (Å²) in [6, 6.07) is -0.323. The molecule has 1 fully saturated rings. The molecule has 0 aromatic carbocycles. The van der Waals surface area contributed by atoms with Gasteiger partial charge in [0.1, 0.15) is 24.9 Å². The van der Waals surface area contributed by atoms with Gasteiger partial charge in [-0.1, -0.05) is 21.6 Å². The summed E-state index contributed by atoms with van der Waals surface area (Å²) in [6.45, 7) is 0.579.